The van der Waals surface area contributed by atoms with Crippen molar-refractivity contribution in [1.82, 2.24) is 14.7 Å². The molecular weight excluding hydrogens is 309 g/mol. The van der Waals surface area contributed by atoms with Gasteiger partial charge in [0.05, 0.1) is 6.54 Å². The van der Waals surface area contributed by atoms with Gasteiger partial charge < -0.3 is 14.7 Å². The molecule has 1 aliphatic rings. The van der Waals surface area contributed by atoms with Crippen molar-refractivity contribution in [1.29, 1.82) is 0 Å². The van der Waals surface area contributed by atoms with E-state index in [1.54, 1.807) is 22.0 Å². The van der Waals surface area contributed by atoms with Gasteiger partial charge in [-0.1, -0.05) is 39.0 Å². The van der Waals surface area contributed by atoms with Crippen molar-refractivity contribution in [2.75, 3.05) is 39.8 Å². The first-order valence-corrected chi connectivity index (χ1v) is 8.39. The van der Waals surface area contributed by atoms with Crippen LogP contribution in [-0.4, -0.2) is 66.4 Å². The van der Waals surface area contributed by atoms with E-state index in [-0.39, 0.29) is 11.6 Å². The van der Waals surface area contributed by atoms with Gasteiger partial charge in [-0.25, -0.2) is 0 Å². The quantitative estimate of drug-likeness (QED) is 0.504. The Bertz CT molecular complexity index is 528. The molecule has 1 rings (SSSR count). The SMILES string of the molecule is C=C1CN(C(=O)/C=C/CN(C)CC)CCN1/C(=C\CCC)C(=O)F. The van der Waals surface area contributed by atoms with E-state index in [0.717, 1.165) is 13.0 Å². The van der Waals surface area contributed by atoms with E-state index in [0.29, 0.717) is 38.3 Å². The molecule has 24 heavy (non-hydrogen) atoms. The number of amides is 1. The number of hydrogen-bond donors (Lipinski definition) is 0. The van der Waals surface area contributed by atoms with E-state index >= 15 is 0 Å². The van der Waals surface area contributed by atoms with Crippen LogP contribution in [0.5, 0.6) is 0 Å². The molecule has 0 aromatic carbocycles. The van der Waals surface area contributed by atoms with Crippen LogP contribution in [0.4, 0.5) is 4.39 Å². The van der Waals surface area contributed by atoms with Gasteiger partial charge in [0.15, 0.2) is 0 Å². The van der Waals surface area contributed by atoms with Gasteiger partial charge >= 0.3 is 6.04 Å². The molecule has 0 aromatic rings. The van der Waals surface area contributed by atoms with Gasteiger partial charge in [0.2, 0.25) is 5.91 Å². The fourth-order valence-electron chi connectivity index (χ4n) is 2.39. The van der Waals surface area contributed by atoms with Crippen molar-refractivity contribution in [3.8, 4) is 0 Å². The van der Waals surface area contributed by atoms with Gasteiger partial charge in [0.1, 0.15) is 5.70 Å². The summed E-state index contributed by atoms with van der Waals surface area (Å²) >= 11 is 0. The van der Waals surface area contributed by atoms with Gasteiger partial charge in [-0.2, -0.15) is 4.39 Å². The Morgan fingerprint density at radius 2 is 2.04 bits per heavy atom. The first-order valence-electron chi connectivity index (χ1n) is 8.39. The smallest absolute Gasteiger partial charge is 0.337 e. The highest BCUT2D eigenvalue weighted by Gasteiger charge is 2.27. The van der Waals surface area contributed by atoms with Crippen LogP contribution in [0.15, 0.2) is 36.2 Å². The molecule has 134 valence electrons. The summed E-state index contributed by atoms with van der Waals surface area (Å²) in [5.41, 5.74) is 0.594. The van der Waals surface area contributed by atoms with Crippen LogP contribution < -0.4 is 0 Å². The molecule has 1 amide bonds. The Balaban J connectivity index is 2.66. The average molecular weight is 337 g/mol. The second-order valence-electron chi connectivity index (χ2n) is 5.89. The molecular formula is C18H28FN3O2. The number of carbonyl (C=O) groups excluding carboxylic acids is 2. The Hall–Kier alpha value is -1.95. The minimum absolute atomic E-state index is 0.0362. The average Bonchev–Trinajstić information content (AvgIpc) is 2.55. The van der Waals surface area contributed by atoms with Crippen LogP contribution in [0.25, 0.3) is 0 Å². The number of piperazine rings is 1. The van der Waals surface area contributed by atoms with Crippen molar-refractivity contribution in [3.63, 3.8) is 0 Å². The maximum absolute atomic E-state index is 13.3. The lowest BCUT2D eigenvalue weighted by molar-refractivity contribution is -0.127. The number of likely N-dealkylation sites (N-methyl/N-ethyl adjacent to an activating group) is 1. The Labute approximate surface area is 144 Å². The van der Waals surface area contributed by atoms with Crippen LogP contribution in [0, 0.1) is 0 Å². The summed E-state index contributed by atoms with van der Waals surface area (Å²) in [7, 11) is 1.98. The van der Waals surface area contributed by atoms with Gasteiger partial charge in [-0.05, 0) is 20.0 Å². The summed E-state index contributed by atoms with van der Waals surface area (Å²) in [6, 6.07) is -1.45. The molecule has 0 spiro atoms. The fraction of sp³-hybridized carbons (Fsp3) is 0.556. The largest absolute Gasteiger partial charge is 0.348 e. The Morgan fingerprint density at radius 3 is 2.58 bits per heavy atom. The van der Waals surface area contributed by atoms with Crippen LogP contribution in [0.3, 0.4) is 0 Å². The Morgan fingerprint density at radius 1 is 1.33 bits per heavy atom. The van der Waals surface area contributed by atoms with Gasteiger partial charge in [-0.3, -0.25) is 9.59 Å². The van der Waals surface area contributed by atoms with Crippen LogP contribution in [-0.2, 0) is 9.59 Å². The number of nitrogens with zero attached hydrogens (tertiary/aromatic N) is 3. The zero-order valence-corrected chi connectivity index (χ0v) is 14.9. The molecule has 6 heteroatoms. The van der Waals surface area contributed by atoms with Crippen molar-refractivity contribution in [2.45, 2.75) is 26.7 Å². The zero-order chi connectivity index (χ0) is 18.1. The van der Waals surface area contributed by atoms with E-state index in [2.05, 4.69) is 18.4 Å². The van der Waals surface area contributed by atoms with Gasteiger partial charge in [0, 0.05) is 31.4 Å². The highest BCUT2D eigenvalue weighted by atomic mass is 19.1. The summed E-state index contributed by atoms with van der Waals surface area (Å²) in [5, 5.41) is 0. The molecule has 1 aliphatic heterocycles. The second-order valence-corrected chi connectivity index (χ2v) is 5.89. The molecule has 1 fully saturated rings. The predicted molar refractivity (Wildman–Crippen MR) is 93.8 cm³/mol. The molecule has 1 heterocycles. The Kier molecular flexibility index (Phi) is 8.40. The van der Waals surface area contributed by atoms with E-state index < -0.39 is 6.04 Å². The first-order chi connectivity index (χ1) is 11.4. The third kappa shape index (κ3) is 5.92. The number of rotatable bonds is 8. The molecule has 0 unspecified atom stereocenters. The number of allylic oxidation sites excluding steroid dienone is 2. The van der Waals surface area contributed by atoms with Crippen LogP contribution in [0.1, 0.15) is 26.7 Å². The number of unbranched alkanes of at least 4 members (excludes halogenated alkanes) is 1. The third-order valence-corrected chi connectivity index (χ3v) is 4.00. The molecule has 0 N–H and O–H groups in total. The molecule has 0 saturated carbocycles. The lowest BCUT2D eigenvalue weighted by atomic mass is 10.2. The van der Waals surface area contributed by atoms with Crippen LogP contribution in [0.2, 0.25) is 0 Å². The molecule has 1 saturated heterocycles. The summed E-state index contributed by atoms with van der Waals surface area (Å²) < 4.78 is 13.3. The molecule has 0 radical (unpaired) electrons. The van der Waals surface area contributed by atoms with E-state index in [4.69, 9.17) is 0 Å². The highest BCUT2D eigenvalue weighted by molar-refractivity contribution is 5.89. The summed E-state index contributed by atoms with van der Waals surface area (Å²) in [5.74, 6) is -0.0917. The van der Waals surface area contributed by atoms with Gasteiger partial charge in [0.25, 0.3) is 0 Å². The summed E-state index contributed by atoms with van der Waals surface area (Å²) in [4.78, 5) is 28.7. The lowest BCUT2D eigenvalue weighted by Gasteiger charge is -2.37. The van der Waals surface area contributed by atoms with Crippen molar-refractivity contribution < 1.29 is 14.0 Å². The van der Waals surface area contributed by atoms with Crippen molar-refractivity contribution in [2.24, 2.45) is 0 Å². The monoisotopic (exact) mass is 337 g/mol. The number of carbonyl (C=O) groups is 2. The maximum atomic E-state index is 13.3. The zero-order valence-electron chi connectivity index (χ0n) is 14.9. The minimum Gasteiger partial charge on any atom is -0.337 e. The molecule has 0 aromatic heterocycles. The number of hydrogen-bond acceptors (Lipinski definition) is 4. The van der Waals surface area contributed by atoms with Gasteiger partial charge in [-0.15, -0.1) is 0 Å². The highest BCUT2D eigenvalue weighted by Crippen LogP contribution is 2.20. The molecule has 0 atom stereocenters. The molecule has 5 nitrogen and oxygen atoms in total. The van der Waals surface area contributed by atoms with E-state index in [1.807, 2.05) is 20.0 Å². The van der Waals surface area contributed by atoms with Crippen LogP contribution >= 0.6 is 0 Å². The van der Waals surface area contributed by atoms with E-state index in [1.165, 1.54) is 0 Å². The standard InChI is InChI=1S/C18H28FN3O2/c1-5-7-9-16(18(19)24)22-13-12-21(14-15(22)3)17(23)10-8-11-20(4)6-2/h8-10H,3,5-7,11-14H2,1-2,4H3/b10-8+,16-9-. The summed E-state index contributed by atoms with van der Waals surface area (Å²) in [6.07, 6.45) is 6.46. The van der Waals surface area contributed by atoms with E-state index in [9.17, 15) is 14.0 Å². The molecule has 0 bridgehead atoms. The van der Waals surface area contributed by atoms with Crippen molar-refractivity contribution >= 4 is 11.9 Å². The fourth-order valence-corrected chi connectivity index (χ4v) is 2.39. The topological polar surface area (TPSA) is 43.9 Å². The normalized spacial score (nSPS) is 16.4. The third-order valence-electron chi connectivity index (χ3n) is 4.00. The summed E-state index contributed by atoms with van der Waals surface area (Å²) in [6.45, 7) is 10.6. The predicted octanol–water partition coefficient (Wildman–Crippen LogP) is 2.33. The minimum atomic E-state index is -1.45. The maximum Gasteiger partial charge on any atom is 0.348 e. The molecule has 0 aliphatic carbocycles. The number of halogens is 1. The second kappa shape index (κ2) is 10.0. The first kappa shape index (κ1) is 20.1. The van der Waals surface area contributed by atoms with Crippen molar-refractivity contribution in [3.05, 3.63) is 36.2 Å². The lowest BCUT2D eigenvalue weighted by Crippen LogP contribution is -2.46.